The van der Waals surface area contributed by atoms with E-state index in [4.69, 9.17) is 4.74 Å². The van der Waals surface area contributed by atoms with E-state index in [1.807, 2.05) is 6.92 Å². The van der Waals surface area contributed by atoms with Crippen LogP contribution >= 0.6 is 0 Å². The van der Waals surface area contributed by atoms with Crippen molar-refractivity contribution in [1.29, 1.82) is 0 Å². The van der Waals surface area contributed by atoms with Crippen LogP contribution in [-0.4, -0.2) is 12.6 Å². The minimum Gasteiger partial charge on any atom is -0.429 e. The number of hydrogen-bond donors (Lipinski definition) is 0. The van der Waals surface area contributed by atoms with Gasteiger partial charge in [-0.25, -0.2) is 18.0 Å². The third kappa shape index (κ3) is 5.85. The number of hydrogen-bond acceptors (Lipinski definition) is 3. The van der Waals surface area contributed by atoms with Crippen LogP contribution in [0.1, 0.15) is 67.3 Å². The number of esters is 1. The van der Waals surface area contributed by atoms with Gasteiger partial charge in [0, 0.05) is 12.1 Å². The first-order valence-corrected chi connectivity index (χ1v) is 11.8. The lowest BCUT2D eigenvalue weighted by atomic mass is 9.64. The molecule has 0 spiro atoms. The number of carbonyl (C=O) groups is 1. The van der Waals surface area contributed by atoms with Crippen molar-refractivity contribution in [2.45, 2.75) is 58.0 Å². The van der Waals surface area contributed by atoms with Gasteiger partial charge < -0.3 is 9.47 Å². The largest absolute Gasteiger partial charge is 0.429 e. The van der Waals surface area contributed by atoms with Crippen LogP contribution < -0.4 is 9.47 Å². The highest BCUT2D eigenvalue weighted by Gasteiger charge is 2.36. The Morgan fingerprint density at radius 1 is 0.943 bits per heavy atom. The molecule has 4 unspecified atom stereocenters. The van der Waals surface area contributed by atoms with Crippen molar-refractivity contribution in [2.24, 2.45) is 17.8 Å². The maximum Gasteiger partial charge on any atom is 0.387 e. The Morgan fingerprint density at radius 3 is 2.29 bits per heavy atom. The van der Waals surface area contributed by atoms with Gasteiger partial charge in [0.2, 0.25) is 0 Å². The lowest BCUT2D eigenvalue weighted by molar-refractivity contribution is -0.0547. The second-order valence-corrected chi connectivity index (χ2v) is 9.35. The number of rotatable bonds is 6. The molecule has 0 heterocycles. The lowest BCUT2D eigenvalue weighted by Crippen LogP contribution is -2.30. The number of carbonyl (C=O) groups excluding carboxylic acids is 1. The van der Waals surface area contributed by atoms with Crippen molar-refractivity contribution in [3.8, 4) is 11.5 Å². The molecule has 2 aliphatic carbocycles. The molecule has 0 aromatic heterocycles. The highest BCUT2D eigenvalue weighted by Crippen LogP contribution is 2.48. The maximum absolute atomic E-state index is 15.0. The highest BCUT2D eigenvalue weighted by atomic mass is 19.3. The van der Waals surface area contributed by atoms with Crippen molar-refractivity contribution in [1.82, 2.24) is 0 Å². The molecule has 35 heavy (non-hydrogen) atoms. The first-order chi connectivity index (χ1) is 16.7. The lowest BCUT2D eigenvalue weighted by Gasteiger charge is -2.41. The summed E-state index contributed by atoms with van der Waals surface area (Å²) in [6.45, 7) is -1.37. The summed E-state index contributed by atoms with van der Waals surface area (Å²) in [6.07, 6.45) is 10.7. The van der Waals surface area contributed by atoms with Crippen LogP contribution in [0.2, 0.25) is 0 Å². The summed E-state index contributed by atoms with van der Waals surface area (Å²) < 4.78 is 76.0. The molecular formula is C27H27F5O3. The molecule has 0 bridgehead atoms. The van der Waals surface area contributed by atoms with Crippen LogP contribution in [0.25, 0.3) is 0 Å². The normalized spacial score (nSPS) is 24.4. The Morgan fingerprint density at radius 2 is 1.63 bits per heavy atom. The predicted octanol–water partition coefficient (Wildman–Crippen LogP) is 7.80. The van der Waals surface area contributed by atoms with E-state index in [0.29, 0.717) is 35.4 Å². The van der Waals surface area contributed by atoms with Crippen LogP contribution in [0.4, 0.5) is 22.0 Å². The number of fused-ring (bicyclic) bond motifs is 1. The molecule has 2 saturated carbocycles. The van der Waals surface area contributed by atoms with Gasteiger partial charge in [0.25, 0.3) is 0 Å². The Balaban J connectivity index is 1.42. The summed E-state index contributed by atoms with van der Waals surface area (Å²) in [4.78, 5) is 12.4. The fraction of sp³-hybridized carbons (Fsp3) is 0.444. The first-order valence-electron chi connectivity index (χ1n) is 11.8. The van der Waals surface area contributed by atoms with Crippen molar-refractivity contribution in [2.75, 3.05) is 0 Å². The molecule has 2 aromatic carbocycles. The standard InChI is InChI=1S/C27H27F5O3/c1-2-3-15-4-5-17-11-18(7-6-16(17)10-15)21-9-8-19(12-22(21)28)26(33)34-20-13-23(29)25(24(30)14-20)35-27(31)32/h2-3,8-9,12-18,27H,4-7,10-11H2,1H3/b3-2+. The number of halogens is 5. The Labute approximate surface area is 200 Å². The van der Waals surface area contributed by atoms with E-state index in [0.717, 1.165) is 38.2 Å². The van der Waals surface area contributed by atoms with Crippen molar-refractivity contribution in [3.63, 3.8) is 0 Å². The van der Waals surface area contributed by atoms with Crippen LogP contribution in [-0.2, 0) is 0 Å². The van der Waals surface area contributed by atoms with E-state index in [1.165, 1.54) is 12.5 Å². The summed E-state index contributed by atoms with van der Waals surface area (Å²) >= 11 is 0. The number of benzene rings is 2. The summed E-state index contributed by atoms with van der Waals surface area (Å²) in [5, 5.41) is 0. The summed E-state index contributed by atoms with van der Waals surface area (Å²) in [5.41, 5.74) is 0.432. The van der Waals surface area contributed by atoms with Gasteiger partial charge in [-0.15, -0.1) is 0 Å². The van der Waals surface area contributed by atoms with Crippen molar-refractivity contribution >= 4 is 5.97 Å². The smallest absolute Gasteiger partial charge is 0.387 e. The average Bonchev–Trinajstić information content (AvgIpc) is 2.81. The highest BCUT2D eigenvalue weighted by molar-refractivity contribution is 5.91. The van der Waals surface area contributed by atoms with Crippen LogP contribution in [0, 0.1) is 35.2 Å². The summed E-state index contributed by atoms with van der Waals surface area (Å²) in [5.74, 6) is -4.35. The van der Waals surface area contributed by atoms with Gasteiger partial charge in [0.15, 0.2) is 17.4 Å². The molecule has 0 amide bonds. The Kier molecular flexibility index (Phi) is 7.77. The van der Waals surface area contributed by atoms with E-state index >= 15 is 0 Å². The van der Waals surface area contributed by atoms with Gasteiger partial charge in [0.05, 0.1) is 5.56 Å². The van der Waals surface area contributed by atoms with Gasteiger partial charge in [-0.2, -0.15) is 8.78 Å². The average molecular weight is 495 g/mol. The molecule has 0 aliphatic heterocycles. The van der Waals surface area contributed by atoms with E-state index in [2.05, 4.69) is 16.9 Å². The molecule has 0 N–H and O–H groups in total. The molecule has 2 aromatic rings. The summed E-state index contributed by atoms with van der Waals surface area (Å²) in [7, 11) is 0. The molecule has 3 nitrogen and oxygen atoms in total. The second-order valence-electron chi connectivity index (χ2n) is 9.35. The molecule has 0 saturated heterocycles. The molecule has 0 radical (unpaired) electrons. The monoisotopic (exact) mass is 494 g/mol. The molecule has 8 heteroatoms. The molecule has 188 valence electrons. The molecule has 4 rings (SSSR count). The van der Waals surface area contributed by atoms with E-state index in [-0.39, 0.29) is 11.5 Å². The minimum absolute atomic E-state index is 0.0742. The zero-order chi connectivity index (χ0) is 25.1. The van der Waals surface area contributed by atoms with Crippen LogP contribution in [0.15, 0.2) is 42.5 Å². The molecule has 2 fully saturated rings. The number of allylic oxidation sites excluding steroid dienone is 2. The van der Waals surface area contributed by atoms with Crippen molar-refractivity contribution < 1.29 is 36.2 Å². The second kappa shape index (κ2) is 10.8. The number of ether oxygens (including phenoxy) is 2. The fourth-order valence-corrected chi connectivity index (χ4v) is 5.60. The van der Waals surface area contributed by atoms with Crippen molar-refractivity contribution in [3.05, 3.63) is 71.1 Å². The zero-order valence-electron chi connectivity index (χ0n) is 19.3. The predicted molar refractivity (Wildman–Crippen MR) is 120 cm³/mol. The topological polar surface area (TPSA) is 35.5 Å². The maximum atomic E-state index is 15.0. The molecule has 2 aliphatic rings. The van der Waals surface area contributed by atoms with Gasteiger partial charge in [-0.3, -0.25) is 0 Å². The SMILES string of the molecule is C/C=C/C1CCC2CC(c3ccc(C(=O)Oc4cc(F)c(OC(F)F)c(F)c4)cc3F)CCC2C1. The van der Waals surface area contributed by atoms with Crippen LogP contribution in [0.3, 0.4) is 0 Å². The molecular weight excluding hydrogens is 467 g/mol. The Bertz CT molecular complexity index is 1080. The summed E-state index contributed by atoms with van der Waals surface area (Å²) in [6, 6.07) is 5.16. The van der Waals surface area contributed by atoms with E-state index in [9.17, 15) is 26.7 Å². The number of alkyl halides is 2. The van der Waals surface area contributed by atoms with Gasteiger partial charge in [-0.05, 0) is 86.8 Å². The van der Waals surface area contributed by atoms with Gasteiger partial charge in [0.1, 0.15) is 11.6 Å². The van der Waals surface area contributed by atoms with E-state index < -0.39 is 41.5 Å². The zero-order valence-corrected chi connectivity index (χ0v) is 19.3. The third-order valence-corrected chi connectivity index (χ3v) is 7.18. The first kappa shape index (κ1) is 25.2. The quantitative estimate of drug-likeness (QED) is 0.178. The van der Waals surface area contributed by atoms with Gasteiger partial charge in [-0.1, -0.05) is 18.2 Å². The molecule has 4 atom stereocenters. The van der Waals surface area contributed by atoms with Crippen LogP contribution in [0.5, 0.6) is 11.5 Å². The van der Waals surface area contributed by atoms with Gasteiger partial charge >= 0.3 is 12.6 Å². The Hall–Kier alpha value is -2.90. The fourth-order valence-electron chi connectivity index (χ4n) is 5.60. The van der Waals surface area contributed by atoms with E-state index in [1.54, 1.807) is 6.07 Å². The minimum atomic E-state index is -3.42. The third-order valence-electron chi connectivity index (χ3n) is 7.18.